The van der Waals surface area contributed by atoms with Gasteiger partial charge in [-0.25, -0.2) is 9.78 Å². The minimum absolute atomic E-state index is 0.127. The van der Waals surface area contributed by atoms with E-state index in [4.69, 9.17) is 11.5 Å². The Hall–Kier alpha value is -4.76. The zero-order valence-electron chi connectivity index (χ0n) is 21.6. The van der Waals surface area contributed by atoms with Gasteiger partial charge in [-0.05, 0) is 25.0 Å². The third-order valence-corrected chi connectivity index (χ3v) is 6.15. The van der Waals surface area contributed by atoms with Crippen LogP contribution in [0.15, 0.2) is 43.0 Å². The minimum atomic E-state index is -1.66. The number of aromatic amines is 2. The van der Waals surface area contributed by atoms with E-state index in [1.54, 1.807) is 6.20 Å². The van der Waals surface area contributed by atoms with E-state index >= 15 is 0 Å². The second-order valence-electron chi connectivity index (χ2n) is 9.31. The number of aromatic nitrogens is 3. The maximum absolute atomic E-state index is 13.2. The van der Waals surface area contributed by atoms with Gasteiger partial charge in [-0.2, -0.15) is 0 Å². The van der Waals surface area contributed by atoms with Crippen molar-refractivity contribution in [1.29, 1.82) is 0 Å². The predicted molar refractivity (Wildman–Crippen MR) is 141 cm³/mol. The van der Waals surface area contributed by atoms with Crippen LogP contribution >= 0.6 is 0 Å². The van der Waals surface area contributed by atoms with Gasteiger partial charge in [-0.1, -0.05) is 18.2 Å². The number of carbonyl (C=O) groups excluding carboxylic acids is 4. The number of aliphatic carboxylic acids is 1. The third kappa shape index (κ3) is 7.87. The van der Waals surface area contributed by atoms with Crippen molar-refractivity contribution < 1.29 is 34.2 Å². The molecule has 0 aliphatic carbocycles. The molecule has 0 fully saturated rings. The molecule has 3 aromatic rings. The number of para-hydroxylation sites is 1. The fraction of sp³-hybridized carbons (Fsp3) is 0.360. The van der Waals surface area contributed by atoms with Crippen molar-refractivity contribution in [3.05, 3.63) is 54.2 Å². The van der Waals surface area contributed by atoms with E-state index < -0.39 is 66.3 Å². The van der Waals surface area contributed by atoms with E-state index in [-0.39, 0.29) is 12.8 Å². The zero-order chi connectivity index (χ0) is 29.4. The van der Waals surface area contributed by atoms with Gasteiger partial charge in [-0.3, -0.25) is 19.2 Å². The number of primary amides is 1. The van der Waals surface area contributed by atoms with E-state index in [0.717, 1.165) is 16.5 Å². The summed E-state index contributed by atoms with van der Waals surface area (Å²) < 4.78 is 0. The van der Waals surface area contributed by atoms with Crippen molar-refractivity contribution in [2.24, 2.45) is 11.5 Å². The lowest BCUT2D eigenvalue weighted by Gasteiger charge is -2.25. The average Bonchev–Trinajstić information content (AvgIpc) is 3.55. The van der Waals surface area contributed by atoms with Gasteiger partial charge in [0.05, 0.1) is 24.9 Å². The number of nitrogens with two attached hydrogens (primary N) is 2. The van der Waals surface area contributed by atoms with Crippen LogP contribution in [0.3, 0.4) is 0 Å². The first-order valence-corrected chi connectivity index (χ1v) is 12.3. The number of benzene rings is 1. The number of aliphatic hydroxyl groups is 1. The number of nitrogens with zero attached hydrogens (tertiary/aromatic N) is 1. The Morgan fingerprint density at radius 2 is 1.65 bits per heavy atom. The van der Waals surface area contributed by atoms with Gasteiger partial charge < -0.3 is 47.6 Å². The number of hydrogen-bond acceptors (Lipinski definition) is 8. The molecule has 0 radical (unpaired) electrons. The predicted octanol–water partition coefficient (Wildman–Crippen LogP) is -2.20. The fourth-order valence-electron chi connectivity index (χ4n) is 4.06. The van der Waals surface area contributed by atoms with Crippen molar-refractivity contribution in [3.63, 3.8) is 0 Å². The van der Waals surface area contributed by atoms with Crippen LogP contribution in [0.25, 0.3) is 10.9 Å². The number of aliphatic hydroxyl groups excluding tert-OH is 1. The highest BCUT2D eigenvalue weighted by Crippen LogP contribution is 2.18. The molecule has 4 amide bonds. The Kier molecular flexibility index (Phi) is 9.94. The molecule has 5 atom stereocenters. The molecule has 40 heavy (non-hydrogen) atoms. The molecule has 2 heterocycles. The molecule has 2 aromatic heterocycles. The standard InChI is InChI=1S/C25H32N8O7/c1-12(34)21(25(39)40)33-24(38)18(7-14-10-28-11-30-14)32-23(37)19(8-20(27)35)31-22(36)16(26)6-13-9-29-17-5-3-2-4-15(13)17/h2-5,9-12,16,18-19,21,29,34H,6-8,26H2,1H3,(H2,27,35)(H,28,30)(H,31,36)(H,32,37)(H,33,38)(H,39,40). The van der Waals surface area contributed by atoms with Crippen LogP contribution < -0.4 is 27.4 Å². The van der Waals surface area contributed by atoms with E-state index in [1.807, 2.05) is 24.3 Å². The lowest BCUT2D eigenvalue weighted by atomic mass is 10.0. The van der Waals surface area contributed by atoms with Gasteiger partial charge in [0.2, 0.25) is 23.6 Å². The first-order chi connectivity index (χ1) is 19.0. The molecule has 0 saturated carbocycles. The van der Waals surface area contributed by atoms with Gasteiger partial charge >= 0.3 is 5.97 Å². The smallest absolute Gasteiger partial charge is 0.328 e. The number of carbonyl (C=O) groups is 5. The van der Waals surface area contributed by atoms with Crippen LogP contribution in [-0.4, -0.2) is 85.0 Å². The maximum atomic E-state index is 13.2. The molecular weight excluding hydrogens is 524 g/mol. The molecule has 1 aromatic carbocycles. The molecule has 0 aliphatic rings. The van der Waals surface area contributed by atoms with E-state index in [2.05, 4.69) is 30.9 Å². The monoisotopic (exact) mass is 556 g/mol. The minimum Gasteiger partial charge on any atom is -0.480 e. The summed E-state index contributed by atoms with van der Waals surface area (Å²) in [5.74, 6) is -4.99. The number of H-pyrrole nitrogens is 2. The number of fused-ring (bicyclic) bond motifs is 1. The van der Waals surface area contributed by atoms with Gasteiger partial charge in [0.15, 0.2) is 6.04 Å². The summed E-state index contributed by atoms with van der Waals surface area (Å²) in [7, 11) is 0. The molecule has 3 rings (SSSR count). The third-order valence-electron chi connectivity index (χ3n) is 6.15. The average molecular weight is 557 g/mol. The van der Waals surface area contributed by atoms with Crippen molar-refractivity contribution in [1.82, 2.24) is 30.9 Å². The topological polar surface area (TPSA) is 258 Å². The lowest BCUT2D eigenvalue weighted by molar-refractivity contribution is -0.145. The molecule has 0 aliphatic heterocycles. The Morgan fingerprint density at radius 1 is 0.975 bits per heavy atom. The number of rotatable bonds is 14. The van der Waals surface area contributed by atoms with E-state index in [0.29, 0.717) is 5.69 Å². The molecule has 15 heteroatoms. The van der Waals surface area contributed by atoms with Crippen LogP contribution in [0.4, 0.5) is 0 Å². The summed E-state index contributed by atoms with van der Waals surface area (Å²) in [5.41, 5.74) is 13.4. The Morgan fingerprint density at radius 3 is 2.27 bits per heavy atom. The van der Waals surface area contributed by atoms with Crippen molar-refractivity contribution >= 4 is 40.5 Å². The SMILES string of the molecule is CC(O)C(NC(=O)C(Cc1cnc[nH]1)NC(=O)C(CC(N)=O)NC(=O)C(N)Cc1c[nH]c2ccccc12)C(=O)O. The maximum Gasteiger partial charge on any atom is 0.328 e. The Bertz CT molecular complexity index is 1350. The summed E-state index contributed by atoms with van der Waals surface area (Å²) in [6.45, 7) is 1.18. The Labute approximate surface area is 228 Å². The van der Waals surface area contributed by atoms with Crippen LogP contribution in [0.1, 0.15) is 24.6 Å². The Balaban J connectivity index is 1.74. The second kappa shape index (κ2) is 13.3. The lowest BCUT2D eigenvalue weighted by Crippen LogP contribution is -2.59. The number of carboxylic acids is 1. The number of hydrogen-bond donors (Lipinski definition) is 9. The molecule has 214 valence electrons. The summed E-state index contributed by atoms with van der Waals surface area (Å²) in [5, 5.41) is 26.9. The fourth-order valence-corrected chi connectivity index (χ4v) is 4.06. The van der Waals surface area contributed by atoms with Gasteiger partial charge in [0.1, 0.15) is 12.1 Å². The highest BCUT2D eigenvalue weighted by Gasteiger charge is 2.33. The summed E-state index contributed by atoms with van der Waals surface area (Å²) in [6, 6.07) is 1.83. The van der Waals surface area contributed by atoms with Crippen LogP contribution in [0.2, 0.25) is 0 Å². The first-order valence-electron chi connectivity index (χ1n) is 12.3. The number of imidazole rings is 1. The molecule has 0 spiro atoms. The van der Waals surface area contributed by atoms with Crippen molar-refractivity contribution in [2.45, 2.75) is 56.5 Å². The van der Waals surface area contributed by atoms with E-state index in [9.17, 15) is 34.2 Å². The first kappa shape index (κ1) is 29.8. The van der Waals surface area contributed by atoms with Crippen LogP contribution in [0.5, 0.6) is 0 Å². The van der Waals surface area contributed by atoms with Gasteiger partial charge in [0.25, 0.3) is 0 Å². The number of amides is 4. The highest BCUT2D eigenvalue weighted by molar-refractivity contribution is 5.96. The van der Waals surface area contributed by atoms with Gasteiger partial charge in [-0.15, -0.1) is 0 Å². The molecule has 15 nitrogen and oxygen atoms in total. The summed E-state index contributed by atoms with van der Waals surface area (Å²) in [4.78, 5) is 71.9. The molecular formula is C25H32N8O7. The normalized spacial score (nSPS) is 14.9. The van der Waals surface area contributed by atoms with Crippen molar-refractivity contribution in [3.8, 4) is 0 Å². The second-order valence-corrected chi connectivity index (χ2v) is 9.31. The van der Waals surface area contributed by atoms with Crippen LogP contribution in [0, 0.1) is 0 Å². The molecule has 11 N–H and O–H groups in total. The van der Waals surface area contributed by atoms with Gasteiger partial charge in [0, 0.05) is 35.4 Å². The van der Waals surface area contributed by atoms with Crippen molar-refractivity contribution in [2.75, 3.05) is 0 Å². The summed E-state index contributed by atoms with van der Waals surface area (Å²) in [6.07, 6.45) is 2.39. The largest absolute Gasteiger partial charge is 0.480 e. The molecule has 0 saturated heterocycles. The summed E-state index contributed by atoms with van der Waals surface area (Å²) >= 11 is 0. The molecule has 0 bridgehead atoms. The van der Waals surface area contributed by atoms with E-state index in [1.165, 1.54) is 19.4 Å². The molecule has 5 unspecified atom stereocenters. The zero-order valence-corrected chi connectivity index (χ0v) is 21.6. The quantitative estimate of drug-likeness (QED) is 0.104. The van der Waals surface area contributed by atoms with Crippen LogP contribution in [-0.2, 0) is 36.8 Å². The number of nitrogens with one attached hydrogen (secondary N) is 5. The highest BCUT2D eigenvalue weighted by atomic mass is 16.4. The number of carboxylic acid groups (broad SMARTS) is 1.